The van der Waals surface area contributed by atoms with E-state index in [1.54, 1.807) is 23.1 Å². The fraction of sp³-hybridized carbons (Fsp3) is 0.394. The normalized spacial score (nSPS) is 14.8. The molecule has 6 heteroatoms. The smallest absolute Gasteiger partial charge is 0.247 e. The summed E-state index contributed by atoms with van der Waals surface area (Å²) >= 11 is 0. The van der Waals surface area contributed by atoms with Crippen molar-refractivity contribution in [2.45, 2.75) is 77.5 Å². The molecule has 1 saturated carbocycles. The van der Waals surface area contributed by atoms with E-state index in [1.807, 2.05) is 73.5 Å². The number of aromatic nitrogens is 1. The van der Waals surface area contributed by atoms with E-state index in [0.29, 0.717) is 13.1 Å². The molecule has 1 atom stereocenters. The SMILES string of the molecule is CCC(C)N(CC(=O)N(Cc1cccn1Cc1ccc(F)cc1)C1CCCCC1)C(=O)C=Cc1ccccc1. The lowest BCUT2D eigenvalue weighted by molar-refractivity contribution is -0.142. The van der Waals surface area contributed by atoms with Crippen LogP contribution in [0.15, 0.2) is 79.0 Å². The van der Waals surface area contributed by atoms with Crippen LogP contribution in [0.4, 0.5) is 4.39 Å². The number of hydrogen-bond donors (Lipinski definition) is 0. The minimum absolute atomic E-state index is 0.0156. The van der Waals surface area contributed by atoms with Crippen molar-refractivity contribution in [3.8, 4) is 0 Å². The molecule has 1 fully saturated rings. The minimum Gasteiger partial charge on any atom is -0.345 e. The summed E-state index contributed by atoms with van der Waals surface area (Å²) in [6.45, 7) is 5.19. The van der Waals surface area contributed by atoms with Crippen LogP contribution >= 0.6 is 0 Å². The topological polar surface area (TPSA) is 45.6 Å². The van der Waals surface area contributed by atoms with E-state index in [4.69, 9.17) is 0 Å². The van der Waals surface area contributed by atoms with Gasteiger partial charge in [-0.25, -0.2) is 4.39 Å². The van der Waals surface area contributed by atoms with Gasteiger partial charge in [0, 0.05) is 36.6 Å². The Morgan fingerprint density at radius 1 is 1.00 bits per heavy atom. The van der Waals surface area contributed by atoms with Crippen molar-refractivity contribution in [2.24, 2.45) is 0 Å². The molecule has 1 heterocycles. The van der Waals surface area contributed by atoms with Crippen LogP contribution in [0.1, 0.15) is 69.2 Å². The maximum absolute atomic E-state index is 13.9. The van der Waals surface area contributed by atoms with Crippen molar-refractivity contribution in [1.82, 2.24) is 14.4 Å². The fourth-order valence-electron chi connectivity index (χ4n) is 5.26. The fourth-order valence-corrected chi connectivity index (χ4v) is 5.26. The number of nitrogens with zero attached hydrogens (tertiary/aromatic N) is 3. The Hall–Kier alpha value is -3.67. The third kappa shape index (κ3) is 7.92. The Kier molecular flexibility index (Phi) is 10.1. The van der Waals surface area contributed by atoms with Gasteiger partial charge < -0.3 is 14.4 Å². The van der Waals surface area contributed by atoms with Gasteiger partial charge in [0.2, 0.25) is 11.8 Å². The Bertz CT molecular complexity index is 1230. The molecule has 39 heavy (non-hydrogen) atoms. The van der Waals surface area contributed by atoms with Gasteiger partial charge in [0.05, 0.1) is 6.54 Å². The quantitative estimate of drug-likeness (QED) is 0.260. The van der Waals surface area contributed by atoms with Crippen molar-refractivity contribution in [1.29, 1.82) is 0 Å². The Balaban J connectivity index is 1.52. The number of halogens is 1. The third-order valence-electron chi connectivity index (χ3n) is 7.79. The molecular formula is C33H40FN3O2. The van der Waals surface area contributed by atoms with Crippen molar-refractivity contribution in [3.63, 3.8) is 0 Å². The number of carbonyl (C=O) groups is 2. The molecule has 206 valence electrons. The summed E-state index contributed by atoms with van der Waals surface area (Å²) in [7, 11) is 0. The van der Waals surface area contributed by atoms with Gasteiger partial charge in [0.25, 0.3) is 0 Å². The first-order valence-corrected chi connectivity index (χ1v) is 14.2. The van der Waals surface area contributed by atoms with Crippen LogP contribution in [-0.2, 0) is 22.7 Å². The molecule has 0 N–H and O–H groups in total. The van der Waals surface area contributed by atoms with Gasteiger partial charge in [-0.05, 0) is 67.7 Å². The van der Waals surface area contributed by atoms with Crippen molar-refractivity contribution < 1.29 is 14.0 Å². The second-order valence-corrected chi connectivity index (χ2v) is 10.5. The summed E-state index contributed by atoms with van der Waals surface area (Å²) in [6.07, 6.45) is 11.5. The average molecular weight is 530 g/mol. The van der Waals surface area contributed by atoms with Crippen LogP contribution in [0.5, 0.6) is 0 Å². The highest BCUT2D eigenvalue weighted by molar-refractivity contribution is 5.94. The van der Waals surface area contributed by atoms with E-state index in [0.717, 1.165) is 48.9 Å². The van der Waals surface area contributed by atoms with Gasteiger partial charge in [-0.3, -0.25) is 9.59 Å². The average Bonchev–Trinajstić information content (AvgIpc) is 3.41. The summed E-state index contributed by atoms with van der Waals surface area (Å²) in [5, 5.41) is 0. The van der Waals surface area contributed by atoms with Crippen molar-refractivity contribution >= 4 is 17.9 Å². The van der Waals surface area contributed by atoms with E-state index in [2.05, 4.69) is 4.57 Å². The molecule has 5 nitrogen and oxygen atoms in total. The zero-order chi connectivity index (χ0) is 27.6. The number of carbonyl (C=O) groups excluding carboxylic acids is 2. The monoisotopic (exact) mass is 529 g/mol. The van der Waals surface area contributed by atoms with Gasteiger partial charge in [0.1, 0.15) is 12.4 Å². The summed E-state index contributed by atoms with van der Waals surface area (Å²) in [6, 6.07) is 20.4. The van der Waals surface area contributed by atoms with Crippen LogP contribution in [0.3, 0.4) is 0 Å². The minimum atomic E-state index is -0.250. The van der Waals surface area contributed by atoms with Gasteiger partial charge in [0.15, 0.2) is 0 Å². The van der Waals surface area contributed by atoms with E-state index in [-0.39, 0.29) is 36.3 Å². The first kappa shape index (κ1) is 28.3. The third-order valence-corrected chi connectivity index (χ3v) is 7.79. The molecule has 3 aromatic rings. The lowest BCUT2D eigenvalue weighted by atomic mass is 9.94. The highest BCUT2D eigenvalue weighted by Gasteiger charge is 2.29. The number of rotatable bonds is 11. The van der Waals surface area contributed by atoms with Gasteiger partial charge >= 0.3 is 0 Å². The molecule has 1 unspecified atom stereocenters. The van der Waals surface area contributed by atoms with Crippen molar-refractivity contribution in [2.75, 3.05) is 6.54 Å². The molecule has 0 bridgehead atoms. The van der Waals surface area contributed by atoms with Gasteiger partial charge in [-0.2, -0.15) is 0 Å². The zero-order valence-electron chi connectivity index (χ0n) is 23.1. The maximum atomic E-state index is 13.9. The van der Waals surface area contributed by atoms with Crippen LogP contribution in [0.25, 0.3) is 6.08 Å². The van der Waals surface area contributed by atoms with Crippen LogP contribution in [-0.4, -0.2) is 44.8 Å². The summed E-state index contributed by atoms with van der Waals surface area (Å²) in [4.78, 5) is 30.9. The lowest BCUT2D eigenvalue weighted by Gasteiger charge is -2.37. The summed E-state index contributed by atoms with van der Waals surface area (Å²) < 4.78 is 15.5. The predicted molar refractivity (Wildman–Crippen MR) is 154 cm³/mol. The Morgan fingerprint density at radius 3 is 2.41 bits per heavy atom. The molecule has 0 aliphatic heterocycles. The first-order valence-electron chi connectivity index (χ1n) is 14.2. The summed E-state index contributed by atoms with van der Waals surface area (Å²) in [5.41, 5.74) is 2.99. The van der Waals surface area contributed by atoms with Crippen molar-refractivity contribution in [3.05, 3.63) is 102 Å². The molecule has 2 amide bonds. The number of benzene rings is 2. The molecule has 2 aromatic carbocycles. The molecule has 1 aliphatic carbocycles. The largest absolute Gasteiger partial charge is 0.345 e. The van der Waals surface area contributed by atoms with Crippen LogP contribution < -0.4 is 0 Å². The standard InChI is InChI=1S/C33H40FN3O2/c1-3-26(2)36(32(38)21-18-27-11-6-4-7-12-27)25-33(39)37(30-13-8-5-9-14-30)24-31-15-10-22-35(31)23-28-16-19-29(34)20-17-28/h4,6-7,10-12,15-22,26,30H,3,5,8-9,13-14,23-25H2,1-2H3. The molecule has 1 aromatic heterocycles. The van der Waals surface area contributed by atoms with E-state index in [9.17, 15) is 14.0 Å². The van der Waals surface area contributed by atoms with Crippen LogP contribution in [0.2, 0.25) is 0 Å². The maximum Gasteiger partial charge on any atom is 0.247 e. The Labute approximate surface area is 231 Å². The lowest BCUT2D eigenvalue weighted by Crippen LogP contribution is -2.49. The zero-order valence-corrected chi connectivity index (χ0v) is 23.1. The van der Waals surface area contributed by atoms with Gasteiger partial charge in [-0.1, -0.05) is 68.7 Å². The van der Waals surface area contributed by atoms with E-state index < -0.39 is 0 Å². The van der Waals surface area contributed by atoms with Gasteiger partial charge in [-0.15, -0.1) is 0 Å². The number of amides is 2. The highest BCUT2D eigenvalue weighted by Crippen LogP contribution is 2.25. The van der Waals surface area contributed by atoms with Crippen LogP contribution in [0, 0.1) is 5.82 Å². The molecule has 0 saturated heterocycles. The molecule has 1 aliphatic rings. The highest BCUT2D eigenvalue weighted by atomic mass is 19.1. The molecule has 0 spiro atoms. The summed E-state index contributed by atoms with van der Waals surface area (Å²) in [5.74, 6) is -0.414. The second kappa shape index (κ2) is 13.9. The molecular weight excluding hydrogens is 489 g/mol. The van der Waals surface area contributed by atoms with E-state index >= 15 is 0 Å². The first-order chi connectivity index (χ1) is 18.9. The Morgan fingerprint density at radius 2 is 1.72 bits per heavy atom. The predicted octanol–water partition coefficient (Wildman–Crippen LogP) is 6.68. The molecule has 0 radical (unpaired) electrons. The molecule has 4 rings (SSSR count). The second-order valence-electron chi connectivity index (χ2n) is 10.5. The van der Waals surface area contributed by atoms with E-state index in [1.165, 1.54) is 18.6 Å². The number of hydrogen-bond acceptors (Lipinski definition) is 2.